The van der Waals surface area contributed by atoms with Crippen molar-refractivity contribution in [2.45, 2.75) is 33.1 Å². The Bertz CT molecular complexity index is 1290. The molecule has 0 aliphatic rings. The molecule has 0 saturated carbocycles. The molecule has 2 nitrogen and oxygen atoms in total. The minimum atomic E-state index is 0.887. The van der Waals surface area contributed by atoms with E-state index in [9.17, 15) is 0 Å². The van der Waals surface area contributed by atoms with Crippen LogP contribution in [0.1, 0.15) is 33.4 Å². The molecule has 0 amide bonds. The van der Waals surface area contributed by atoms with Gasteiger partial charge in [-0.2, -0.15) is 0 Å². The molecule has 0 aromatic heterocycles. The molecule has 0 atom stereocenters. The van der Waals surface area contributed by atoms with Crippen LogP contribution < -0.4 is 0 Å². The van der Waals surface area contributed by atoms with Gasteiger partial charge in [-0.1, -0.05) is 157 Å². The maximum Gasteiger partial charge on any atom is 0.0240 e. The van der Waals surface area contributed by atoms with Crippen molar-refractivity contribution in [1.82, 2.24) is 9.80 Å². The van der Waals surface area contributed by atoms with Gasteiger partial charge in [-0.25, -0.2) is 0 Å². The maximum absolute atomic E-state index is 2.58. The van der Waals surface area contributed by atoms with Crippen molar-refractivity contribution in [2.24, 2.45) is 0 Å². The largest absolute Gasteiger partial charge is 0.291 e. The van der Waals surface area contributed by atoms with Gasteiger partial charge in [0.15, 0.2) is 0 Å². The van der Waals surface area contributed by atoms with Crippen molar-refractivity contribution < 1.29 is 0 Å². The van der Waals surface area contributed by atoms with Crippen molar-refractivity contribution in [2.75, 3.05) is 13.1 Å². The second-order valence-electron chi connectivity index (χ2n) is 10.9. The van der Waals surface area contributed by atoms with E-state index in [4.69, 9.17) is 0 Å². The molecule has 5 aromatic carbocycles. The lowest BCUT2D eigenvalue weighted by atomic mass is 10.1. The smallest absolute Gasteiger partial charge is 0.0240 e. The van der Waals surface area contributed by atoms with E-state index in [-0.39, 0.29) is 0 Å². The first-order valence-corrected chi connectivity index (χ1v) is 14.6. The Morgan fingerprint density at radius 3 is 1.07 bits per heavy atom. The van der Waals surface area contributed by atoms with E-state index in [2.05, 4.69) is 168 Å². The first-order valence-electron chi connectivity index (χ1n) is 14.6. The van der Waals surface area contributed by atoms with E-state index in [1.807, 2.05) is 0 Å². The lowest BCUT2D eigenvalue weighted by Gasteiger charge is -2.29. The van der Waals surface area contributed by atoms with Gasteiger partial charge in [0.1, 0.15) is 0 Å². The molecule has 5 aromatic rings. The van der Waals surface area contributed by atoms with Crippen LogP contribution in [-0.2, 0) is 26.2 Å². The third-order valence-corrected chi connectivity index (χ3v) is 7.30. The highest BCUT2D eigenvalue weighted by atomic mass is 15.1. The first-order chi connectivity index (χ1) is 20.2. The summed E-state index contributed by atoms with van der Waals surface area (Å²) in [4.78, 5) is 5.15. The van der Waals surface area contributed by atoms with Gasteiger partial charge in [-0.15, -0.1) is 0 Å². The van der Waals surface area contributed by atoms with Crippen molar-refractivity contribution >= 4 is 6.08 Å². The van der Waals surface area contributed by atoms with E-state index in [1.165, 1.54) is 39.0 Å². The molecule has 0 fully saturated rings. The quantitative estimate of drug-likeness (QED) is 0.148. The summed E-state index contributed by atoms with van der Waals surface area (Å²) in [5, 5.41) is 0. The summed E-state index contributed by atoms with van der Waals surface area (Å²) in [7, 11) is 0. The summed E-state index contributed by atoms with van der Waals surface area (Å²) in [6.07, 6.45) is 2.41. The second-order valence-corrected chi connectivity index (χ2v) is 10.9. The van der Waals surface area contributed by atoms with E-state index in [0.717, 1.165) is 39.3 Å². The van der Waals surface area contributed by atoms with Gasteiger partial charge in [-0.05, 0) is 40.3 Å². The van der Waals surface area contributed by atoms with Crippen molar-refractivity contribution in [3.63, 3.8) is 0 Å². The Hall–Kier alpha value is -4.24. The first kappa shape index (κ1) is 28.3. The highest BCUT2D eigenvalue weighted by Crippen LogP contribution is 2.19. The van der Waals surface area contributed by atoms with Gasteiger partial charge < -0.3 is 0 Å². The Morgan fingerprint density at radius 1 is 0.439 bits per heavy atom. The van der Waals surface area contributed by atoms with Crippen molar-refractivity contribution in [3.8, 4) is 0 Å². The summed E-state index contributed by atoms with van der Waals surface area (Å²) in [6, 6.07) is 52.3. The topological polar surface area (TPSA) is 6.48 Å². The SMILES string of the molecule is Cc1ccc(C=C(CN(Cc2ccccc2)Cc2ccccc2)CN(Cc2ccccc2)Cc2ccccc2)cc1. The molecule has 0 N–H and O–H groups in total. The fraction of sp³-hybridized carbons (Fsp3) is 0.179. The van der Waals surface area contributed by atoms with E-state index in [0.29, 0.717) is 0 Å². The van der Waals surface area contributed by atoms with Crippen LogP contribution in [-0.4, -0.2) is 22.9 Å². The van der Waals surface area contributed by atoms with Crippen LogP contribution in [0.5, 0.6) is 0 Å². The van der Waals surface area contributed by atoms with Gasteiger partial charge in [0.25, 0.3) is 0 Å². The number of benzene rings is 5. The van der Waals surface area contributed by atoms with Crippen LogP contribution >= 0.6 is 0 Å². The third kappa shape index (κ3) is 9.42. The molecular formula is C39H40N2. The molecule has 5 rings (SSSR count). The molecule has 0 aliphatic heterocycles. The minimum Gasteiger partial charge on any atom is -0.291 e. The van der Waals surface area contributed by atoms with E-state index in [1.54, 1.807) is 0 Å². The molecule has 2 heteroatoms. The third-order valence-electron chi connectivity index (χ3n) is 7.30. The fourth-order valence-electron chi connectivity index (χ4n) is 5.32. The maximum atomic E-state index is 2.58. The molecule has 0 bridgehead atoms. The molecule has 0 heterocycles. The van der Waals surface area contributed by atoms with Gasteiger partial charge in [-0.3, -0.25) is 9.80 Å². The van der Waals surface area contributed by atoms with Crippen molar-refractivity contribution in [1.29, 1.82) is 0 Å². The standard InChI is InChI=1S/C39H40N2/c1-33-22-24-34(25-23-33)26-39(31-40(27-35-14-6-2-7-15-35)28-36-16-8-3-9-17-36)32-41(29-37-18-10-4-11-19-37)30-38-20-12-5-13-21-38/h2-26H,27-32H2,1H3. The average molecular weight is 537 g/mol. The molecular weight excluding hydrogens is 496 g/mol. The number of hydrogen-bond acceptors (Lipinski definition) is 2. The van der Waals surface area contributed by atoms with Crippen LogP contribution in [0.4, 0.5) is 0 Å². The molecule has 206 valence electrons. The minimum absolute atomic E-state index is 0.887. The fourth-order valence-corrected chi connectivity index (χ4v) is 5.32. The zero-order valence-electron chi connectivity index (χ0n) is 24.1. The van der Waals surface area contributed by atoms with E-state index >= 15 is 0 Å². The van der Waals surface area contributed by atoms with Crippen LogP contribution in [0.25, 0.3) is 6.08 Å². The van der Waals surface area contributed by atoms with Gasteiger partial charge in [0, 0.05) is 39.3 Å². The second kappa shape index (κ2) is 14.9. The Labute approximate surface area is 246 Å². The number of rotatable bonds is 13. The molecule has 0 spiro atoms. The molecule has 0 radical (unpaired) electrons. The Morgan fingerprint density at radius 2 is 0.756 bits per heavy atom. The molecule has 41 heavy (non-hydrogen) atoms. The van der Waals surface area contributed by atoms with Crippen molar-refractivity contribution in [3.05, 3.63) is 185 Å². The lowest BCUT2D eigenvalue weighted by molar-refractivity contribution is 0.245. The monoisotopic (exact) mass is 536 g/mol. The highest BCUT2D eigenvalue weighted by molar-refractivity contribution is 5.54. The zero-order valence-corrected chi connectivity index (χ0v) is 24.1. The van der Waals surface area contributed by atoms with Gasteiger partial charge in [0.2, 0.25) is 0 Å². The number of aryl methyl sites for hydroxylation is 1. The normalized spacial score (nSPS) is 11.1. The lowest BCUT2D eigenvalue weighted by Crippen LogP contribution is -2.31. The zero-order chi connectivity index (χ0) is 28.1. The van der Waals surface area contributed by atoms with Gasteiger partial charge in [0.05, 0.1) is 0 Å². The predicted molar refractivity (Wildman–Crippen MR) is 173 cm³/mol. The predicted octanol–water partition coefficient (Wildman–Crippen LogP) is 8.78. The Balaban J connectivity index is 1.46. The molecule has 0 saturated heterocycles. The number of hydrogen-bond donors (Lipinski definition) is 0. The summed E-state index contributed by atoms with van der Waals surface area (Å²) in [5.41, 5.74) is 9.30. The van der Waals surface area contributed by atoms with Crippen LogP contribution in [0.3, 0.4) is 0 Å². The summed E-state index contributed by atoms with van der Waals surface area (Å²) >= 11 is 0. The van der Waals surface area contributed by atoms with E-state index < -0.39 is 0 Å². The Kier molecular flexibility index (Phi) is 10.3. The van der Waals surface area contributed by atoms with Crippen LogP contribution in [0.2, 0.25) is 0 Å². The van der Waals surface area contributed by atoms with Crippen LogP contribution in [0.15, 0.2) is 151 Å². The summed E-state index contributed by atoms with van der Waals surface area (Å²) < 4.78 is 0. The van der Waals surface area contributed by atoms with Gasteiger partial charge >= 0.3 is 0 Å². The summed E-state index contributed by atoms with van der Waals surface area (Å²) in [6.45, 7) is 7.53. The average Bonchev–Trinajstić information content (AvgIpc) is 3.00. The summed E-state index contributed by atoms with van der Waals surface area (Å²) in [5.74, 6) is 0. The molecule has 0 aliphatic carbocycles. The highest BCUT2D eigenvalue weighted by Gasteiger charge is 2.15. The van der Waals surface area contributed by atoms with Crippen LogP contribution in [0, 0.1) is 6.92 Å². The number of nitrogens with zero attached hydrogens (tertiary/aromatic N) is 2. The molecule has 0 unspecified atom stereocenters.